The van der Waals surface area contributed by atoms with Gasteiger partial charge in [0, 0.05) is 16.0 Å². The van der Waals surface area contributed by atoms with E-state index in [0.29, 0.717) is 10.0 Å². The Morgan fingerprint density at radius 2 is 2.04 bits per heavy atom. The third kappa shape index (κ3) is 2.94. The fourth-order valence-electron chi connectivity index (χ4n) is 2.96. The number of halogens is 2. The Morgan fingerprint density at radius 1 is 1.17 bits per heavy atom. The molecule has 3 heterocycles. The summed E-state index contributed by atoms with van der Waals surface area (Å²) in [5, 5.41) is 10.3. The van der Waals surface area contributed by atoms with Gasteiger partial charge in [0.15, 0.2) is 0 Å². The van der Waals surface area contributed by atoms with Crippen LogP contribution in [0.3, 0.4) is 0 Å². The number of thiazole rings is 1. The van der Waals surface area contributed by atoms with Gasteiger partial charge in [-0.25, -0.2) is 4.98 Å². The summed E-state index contributed by atoms with van der Waals surface area (Å²) < 4.78 is 0. The number of hydrogen-bond acceptors (Lipinski definition) is 4. The second kappa shape index (κ2) is 6.19. The molecule has 2 aromatic heterocycles. The minimum atomic E-state index is 0.128. The summed E-state index contributed by atoms with van der Waals surface area (Å²) in [6, 6.07) is 8.45. The number of rotatable bonds is 2. The van der Waals surface area contributed by atoms with Crippen LogP contribution in [-0.4, -0.2) is 4.98 Å². The molecule has 0 unspecified atom stereocenters. The lowest BCUT2D eigenvalue weighted by Gasteiger charge is -2.30. The molecule has 0 bridgehead atoms. The Morgan fingerprint density at radius 3 is 2.78 bits per heavy atom. The Labute approximate surface area is 153 Å². The van der Waals surface area contributed by atoms with Crippen molar-refractivity contribution in [1.29, 1.82) is 0 Å². The monoisotopic (exact) mass is 380 g/mol. The first-order valence-corrected chi connectivity index (χ1v) is 9.82. The number of nitrogens with zero attached hydrogens (tertiary/aromatic N) is 1. The van der Waals surface area contributed by atoms with E-state index in [4.69, 9.17) is 23.2 Å². The standard InChI is InChI=1S/C17H14Cl2N2S2/c1-9-8-23-17(20-9)14-7-11-4-5-22-16(11)15(21-14)10-2-3-12(18)13(19)6-10/h2-6,8,14-15,21H,7H2,1H3/t14-,15-/m1/s1. The predicted molar refractivity (Wildman–Crippen MR) is 99.1 cm³/mol. The summed E-state index contributed by atoms with van der Waals surface area (Å²) in [7, 11) is 0. The van der Waals surface area contributed by atoms with Crippen LogP contribution in [0.1, 0.15) is 38.8 Å². The van der Waals surface area contributed by atoms with Crippen molar-refractivity contribution in [3.63, 3.8) is 0 Å². The van der Waals surface area contributed by atoms with Gasteiger partial charge < -0.3 is 0 Å². The van der Waals surface area contributed by atoms with Crippen molar-refractivity contribution in [3.8, 4) is 0 Å². The number of aryl methyl sites for hydroxylation is 1. The zero-order valence-electron chi connectivity index (χ0n) is 12.3. The van der Waals surface area contributed by atoms with Gasteiger partial charge in [-0.05, 0) is 48.1 Å². The van der Waals surface area contributed by atoms with E-state index in [1.54, 1.807) is 22.7 Å². The molecule has 0 spiro atoms. The highest BCUT2D eigenvalue weighted by molar-refractivity contribution is 7.10. The van der Waals surface area contributed by atoms with Gasteiger partial charge in [0.05, 0.1) is 22.1 Å². The Balaban J connectivity index is 1.74. The molecule has 1 aliphatic heterocycles. The van der Waals surface area contributed by atoms with E-state index in [9.17, 15) is 0 Å². The summed E-state index contributed by atoms with van der Waals surface area (Å²) in [5.41, 5.74) is 3.61. The number of nitrogens with one attached hydrogen (secondary N) is 1. The zero-order chi connectivity index (χ0) is 16.0. The molecule has 0 saturated carbocycles. The lowest BCUT2D eigenvalue weighted by molar-refractivity contribution is 0.456. The van der Waals surface area contributed by atoms with E-state index in [1.165, 1.54) is 10.4 Å². The summed E-state index contributed by atoms with van der Waals surface area (Å²) in [6.45, 7) is 2.04. The number of benzene rings is 1. The van der Waals surface area contributed by atoms with Crippen LogP contribution in [0, 0.1) is 6.92 Å². The van der Waals surface area contributed by atoms with Gasteiger partial charge in [-0.2, -0.15) is 0 Å². The molecule has 118 valence electrons. The first kappa shape index (κ1) is 15.6. The number of thiophene rings is 1. The van der Waals surface area contributed by atoms with E-state index in [0.717, 1.165) is 22.7 Å². The van der Waals surface area contributed by atoms with Crippen molar-refractivity contribution in [2.24, 2.45) is 0 Å². The topological polar surface area (TPSA) is 24.9 Å². The maximum absolute atomic E-state index is 6.22. The van der Waals surface area contributed by atoms with Crippen LogP contribution in [0.15, 0.2) is 35.0 Å². The maximum atomic E-state index is 6.22. The molecule has 6 heteroatoms. The van der Waals surface area contributed by atoms with Crippen LogP contribution < -0.4 is 5.32 Å². The van der Waals surface area contributed by atoms with Crippen LogP contribution in [0.25, 0.3) is 0 Å². The Hall–Kier alpha value is -0.910. The fraction of sp³-hybridized carbons (Fsp3) is 0.235. The first-order valence-electron chi connectivity index (χ1n) is 7.31. The molecule has 2 atom stereocenters. The van der Waals surface area contributed by atoms with Crippen molar-refractivity contribution >= 4 is 45.9 Å². The minimum Gasteiger partial charge on any atom is -0.296 e. The van der Waals surface area contributed by atoms with Crippen molar-refractivity contribution in [1.82, 2.24) is 10.3 Å². The highest BCUT2D eigenvalue weighted by atomic mass is 35.5. The molecule has 0 radical (unpaired) electrons. The molecule has 1 N–H and O–H groups in total. The fourth-order valence-corrected chi connectivity index (χ4v) is 5.14. The van der Waals surface area contributed by atoms with Crippen molar-refractivity contribution in [2.45, 2.75) is 25.4 Å². The second-order valence-corrected chi connectivity index (χ2v) is 8.32. The Bertz CT molecular complexity index is 856. The molecule has 0 amide bonds. The average molecular weight is 381 g/mol. The van der Waals surface area contributed by atoms with Crippen molar-refractivity contribution in [3.05, 3.63) is 71.8 Å². The SMILES string of the molecule is Cc1csc([C@H]2Cc3ccsc3[C@@H](c3ccc(Cl)c(Cl)c3)N2)n1. The normalized spacial score (nSPS) is 20.5. The molecule has 23 heavy (non-hydrogen) atoms. The van der Waals surface area contributed by atoms with Gasteiger partial charge in [0.25, 0.3) is 0 Å². The van der Waals surface area contributed by atoms with E-state index in [2.05, 4.69) is 27.1 Å². The molecule has 3 aromatic rings. The smallest absolute Gasteiger partial charge is 0.110 e. The molecule has 2 nitrogen and oxygen atoms in total. The van der Waals surface area contributed by atoms with Gasteiger partial charge in [0.1, 0.15) is 5.01 Å². The molecular formula is C17H14Cl2N2S2. The highest BCUT2D eigenvalue weighted by Crippen LogP contribution is 2.40. The zero-order valence-corrected chi connectivity index (χ0v) is 15.5. The number of hydrogen-bond donors (Lipinski definition) is 1. The Kier molecular flexibility index (Phi) is 4.20. The minimum absolute atomic E-state index is 0.128. The molecule has 0 aliphatic carbocycles. The van der Waals surface area contributed by atoms with Gasteiger partial charge >= 0.3 is 0 Å². The third-order valence-electron chi connectivity index (χ3n) is 4.05. The van der Waals surface area contributed by atoms with Crippen LogP contribution in [0.5, 0.6) is 0 Å². The maximum Gasteiger partial charge on any atom is 0.110 e. The van der Waals surface area contributed by atoms with Gasteiger partial charge in [-0.1, -0.05) is 29.3 Å². The first-order chi connectivity index (χ1) is 11.1. The summed E-state index contributed by atoms with van der Waals surface area (Å²) >= 11 is 15.8. The summed E-state index contributed by atoms with van der Waals surface area (Å²) in [4.78, 5) is 6.02. The highest BCUT2D eigenvalue weighted by Gasteiger charge is 2.30. The van der Waals surface area contributed by atoms with Crippen LogP contribution in [0.4, 0.5) is 0 Å². The van der Waals surface area contributed by atoms with Crippen LogP contribution >= 0.6 is 45.9 Å². The van der Waals surface area contributed by atoms with Crippen LogP contribution in [0.2, 0.25) is 10.0 Å². The quantitative estimate of drug-likeness (QED) is 0.607. The number of fused-ring (bicyclic) bond motifs is 1. The van der Waals surface area contributed by atoms with E-state index < -0.39 is 0 Å². The van der Waals surface area contributed by atoms with Gasteiger partial charge in [0.2, 0.25) is 0 Å². The number of aromatic nitrogens is 1. The second-order valence-electron chi connectivity index (χ2n) is 5.67. The van der Waals surface area contributed by atoms with Gasteiger partial charge in [-0.3, -0.25) is 5.32 Å². The van der Waals surface area contributed by atoms with Crippen LogP contribution in [-0.2, 0) is 6.42 Å². The molecule has 0 saturated heterocycles. The molecule has 0 fully saturated rings. The molecular weight excluding hydrogens is 367 g/mol. The largest absolute Gasteiger partial charge is 0.296 e. The predicted octanol–water partition coefficient (Wildman–Crippen LogP) is 5.80. The molecule has 1 aromatic carbocycles. The van der Waals surface area contributed by atoms with Gasteiger partial charge in [-0.15, -0.1) is 22.7 Å². The van der Waals surface area contributed by atoms with Crippen molar-refractivity contribution in [2.75, 3.05) is 0 Å². The van der Waals surface area contributed by atoms with E-state index in [-0.39, 0.29) is 12.1 Å². The van der Waals surface area contributed by atoms with E-state index >= 15 is 0 Å². The molecule has 4 rings (SSSR count). The van der Waals surface area contributed by atoms with Crippen molar-refractivity contribution < 1.29 is 0 Å². The third-order valence-corrected chi connectivity index (χ3v) is 6.89. The van der Waals surface area contributed by atoms with E-state index in [1.807, 2.05) is 25.1 Å². The lowest BCUT2D eigenvalue weighted by Crippen LogP contribution is -2.33. The summed E-state index contributed by atoms with van der Waals surface area (Å²) in [5.74, 6) is 0. The lowest BCUT2D eigenvalue weighted by atomic mass is 9.93. The average Bonchev–Trinajstić information content (AvgIpc) is 3.17. The molecule has 1 aliphatic rings. The summed E-state index contributed by atoms with van der Waals surface area (Å²) in [6.07, 6.45) is 0.976.